The minimum atomic E-state index is -0.464. The largest absolute Gasteiger partial charge is 0.384 e. The summed E-state index contributed by atoms with van der Waals surface area (Å²) in [4.78, 5) is 19.1. The number of carbonyl (C=O) groups is 1. The summed E-state index contributed by atoms with van der Waals surface area (Å²) in [6.45, 7) is 4.12. The number of hydrogen-bond donors (Lipinski definition) is 2. The van der Waals surface area contributed by atoms with Crippen molar-refractivity contribution in [3.63, 3.8) is 0 Å². The first-order chi connectivity index (χ1) is 12.9. The molecule has 0 saturated carbocycles. The number of rotatable bonds is 2. The van der Waals surface area contributed by atoms with Crippen LogP contribution in [0.3, 0.4) is 0 Å². The van der Waals surface area contributed by atoms with E-state index >= 15 is 0 Å². The van der Waals surface area contributed by atoms with E-state index in [0.717, 1.165) is 11.3 Å². The SMILES string of the molecule is CC1(C)CC(=O)C2=C(C1)N(c1ncn[nH]1)C(N)=C(C#N)[C@H]2c1ccccc1. The van der Waals surface area contributed by atoms with Gasteiger partial charge in [0.2, 0.25) is 5.95 Å². The molecule has 0 spiro atoms. The molecule has 7 nitrogen and oxygen atoms in total. The number of anilines is 1. The minimum Gasteiger partial charge on any atom is -0.384 e. The maximum Gasteiger partial charge on any atom is 0.231 e. The number of nitrogens with two attached hydrogens (primary N) is 1. The number of benzene rings is 1. The van der Waals surface area contributed by atoms with Crippen molar-refractivity contribution >= 4 is 11.7 Å². The van der Waals surface area contributed by atoms with Gasteiger partial charge < -0.3 is 5.73 Å². The Morgan fingerprint density at radius 1 is 1.30 bits per heavy atom. The van der Waals surface area contributed by atoms with E-state index in [1.54, 1.807) is 4.90 Å². The molecular weight excluding hydrogens is 340 g/mol. The Morgan fingerprint density at radius 3 is 2.67 bits per heavy atom. The van der Waals surface area contributed by atoms with Crippen molar-refractivity contribution in [2.45, 2.75) is 32.6 Å². The van der Waals surface area contributed by atoms with Crippen LogP contribution in [0, 0.1) is 16.7 Å². The number of aromatic amines is 1. The predicted molar refractivity (Wildman–Crippen MR) is 99.9 cm³/mol. The molecule has 1 aromatic carbocycles. The van der Waals surface area contributed by atoms with Crippen molar-refractivity contribution in [3.05, 3.63) is 64.9 Å². The normalized spacial score (nSPS) is 21.9. The number of carbonyl (C=O) groups excluding carboxylic acids is 1. The highest BCUT2D eigenvalue weighted by Crippen LogP contribution is 2.49. The van der Waals surface area contributed by atoms with Crippen LogP contribution in [0.4, 0.5) is 5.95 Å². The summed E-state index contributed by atoms with van der Waals surface area (Å²) in [6, 6.07) is 11.8. The van der Waals surface area contributed by atoms with Crippen molar-refractivity contribution in [1.82, 2.24) is 15.2 Å². The van der Waals surface area contributed by atoms with Gasteiger partial charge in [0.25, 0.3) is 0 Å². The molecule has 1 aromatic heterocycles. The molecule has 2 aromatic rings. The van der Waals surface area contributed by atoms with Gasteiger partial charge in [0.15, 0.2) is 5.78 Å². The van der Waals surface area contributed by atoms with Gasteiger partial charge in [-0.05, 0) is 17.4 Å². The Kier molecular flexibility index (Phi) is 3.84. The molecular formula is C20H20N6O. The molecule has 1 atom stereocenters. The summed E-state index contributed by atoms with van der Waals surface area (Å²) < 4.78 is 0. The molecule has 1 aliphatic heterocycles. The van der Waals surface area contributed by atoms with Gasteiger partial charge in [-0.15, -0.1) is 0 Å². The van der Waals surface area contributed by atoms with E-state index in [0.29, 0.717) is 29.9 Å². The molecule has 0 unspecified atom stereocenters. The fourth-order valence-electron chi connectivity index (χ4n) is 4.04. The first kappa shape index (κ1) is 17.0. The molecule has 27 heavy (non-hydrogen) atoms. The first-order valence-corrected chi connectivity index (χ1v) is 8.79. The molecule has 0 amide bonds. The lowest BCUT2D eigenvalue weighted by Gasteiger charge is -2.42. The second-order valence-corrected chi connectivity index (χ2v) is 7.70. The summed E-state index contributed by atoms with van der Waals surface area (Å²) in [5.74, 6) is 0.269. The van der Waals surface area contributed by atoms with Crippen molar-refractivity contribution in [2.24, 2.45) is 11.1 Å². The Balaban J connectivity index is 2.00. The number of ketones is 1. The van der Waals surface area contributed by atoms with Crippen LogP contribution in [0.25, 0.3) is 0 Å². The van der Waals surface area contributed by atoms with E-state index in [1.165, 1.54) is 6.33 Å². The van der Waals surface area contributed by atoms with Gasteiger partial charge in [0.05, 0.1) is 17.6 Å². The maximum absolute atomic E-state index is 13.2. The molecule has 0 fully saturated rings. The highest BCUT2D eigenvalue weighted by atomic mass is 16.1. The molecule has 0 radical (unpaired) electrons. The zero-order valence-electron chi connectivity index (χ0n) is 15.2. The van der Waals surface area contributed by atoms with E-state index < -0.39 is 5.92 Å². The number of allylic oxidation sites excluding steroid dienone is 3. The highest BCUT2D eigenvalue weighted by Gasteiger charge is 2.45. The number of nitriles is 1. The average molecular weight is 360 g/mol. The molecule has 1 aliphatic carbocycles. The zero-order valence-corrected chi connectivity index (χ0v) is 15.2. The van der Waals surface area contributed by atoms with Crippen LogP contribution in [0.5, 0.6) is 0 Å². The summed E-state index contributed by atoms with van der Waals surface area (Å²) in [5.41, 5.74) is 8.89. The Bertz CT molecular complexity index is 995. The molecule has 2 heterocycles. The fraction of sp³-hybridized carbons (Fsp3) is 0.300. The van der Waals surface area contributed by atoms with Crippen molar-refractivity contribution in [2.75, 3.05) is 4.90 Å². The van der Waals surface area contributed by atoms with Gasteiger partial charge in [-0.2, -0.15) is 15.3 Å². The lowest BCUT2D eigenvalue weighted by Crippen LogP contribution is -2.42. The number of nitrogens with zero attached hydrogens (tertiary/aromatic N) is 4. The Hall–Kier alpha value is -3.40. The molecule has 7 heteroatoms. The van der Waals surface area contributed by atoms with E-state index in [1.807, 2.05) is 30.3 Å². The van der Waals surface area contributed by atoms with Gasteiger partial charge in [-0.3, -0.25) is 9.69 Å². The maximum atomic E-state index is 13.2. The summed E-state index contributed by atoms with van der Waals surface area (Å²) in [6.07, 6.45) is 2.46. The predicted octanol–water partition coefficient (Wildman–Crippen LogP) is 2.75. The van der Waals surface area contributed by atoms with Crippen LogP contribution < -0.4 is 10.6 Å². The number of hydrogen-bond acceptors (Lipinski definition) is 6. The lowest BCUT2D eigenvalue weighted by atomic mass is 9.68. The third kappa shape index (κ3) is 2.70. The number of Topliss-reactive ketones (excluding diaryl/α,β-unsaturated/α-hetero) is 1. The van der Waals surface area contributed by atoms with Gasteiger partial charge >= 0.3 is 0 Å². The summed E-state index contributed by atoms with van der Waals surface area (Å²) >= 11 is 0. The fourth-order valence-corrected chi connectivity index (χ4v) is 4.04. The standard InChI is InChI=1S/C20H20N6O/c1-20(2)8-14-17(15(27)9-20)16(12-6-4-3-5-7-12)13(10-21)18(22)26(14)19-23-11-24-25-19/h3-7,11,16H,8-9,22H2,1-2H3,(H,23,24,25)/t16-/m1/s1. The van der Waals surface area contributed by atoms with Crippen LogP contribution in [-0.4, -0.2) is 21.0 Å². The molecule has 0 bridgehead atoms. The molecule has 3 N–H and O–H groups in total. The van der Waals surface area contributed by atoms with E-state index in [-0.39, 0.29) is 17.0 Å². The smallest absolute Gasteiger partial charge is 0.231 e. The topological polar surface area (TPSA) is 112 Å². The monoisotopic (exact) mass is 360 g/mol. The third-order valence-corrected chi connectivity index (χ3v) is 5.13. The minimum absolute atomic E-state index is 0.0415. The Morgan fingerprint density at radius 2 is 2.04 bits per heavy atom. The van der Waals surface area contributed by atoms with E-state index in [2.05, 4.69) is 35.1 Å². The highest BCUT2D eigenvalue weighted by molar-refractivity contribution is 6.01. The van der Waals surface area contributed by atoms with Gasteiger partial charge in [-0.1, -0.05) is 44.2 Å². The lowest BCUT2D eigenvalue weighted by molar-refractivity contribution is -0.118. The second-order valence-electron chi connectivity index (χ2n) is 7.70. The number of aromatic nitrogens is 3. The molecule has 136 valence electrons. The van der Waals surface area contributed by atoms with Crippen LogP contribution in [-0.2, 0) is 4.79 Å². The van der Waals surface area contributed by atoms with Crippen LogP contribution in [0.2, 0.25) is 0 Å². The van der Waals surface area contributed by atoms with Crippen molar-refractivity contribution in [3.8, 4) is 6.07 Å². The second kappa shape index (κ2) is 6.09. The molecule has 4 rings (SSSR count). The van der Waals surface area contributed by atoms with Gasteiger partial charge in [-0.25, -0.2) is 5.10 Å². The molecule has 0 saturated heterocycles. The van der Waals surface area contributed by atoms with Crippen LogP contribution >= 0.6 is 0 Å². The average Bonchev–Trinajstić information content (AvgIpc) is 3.14. The van der Waals surface area contributed by atoms with Crippen molar-refractivity contribution in [1.29, 1.82) is 5.26 Å². The summed E-state index contributed by atoms with van der Waals surface area (Å²) in [5, 5.41) is 16.6. The van der Waals surface area contributed by atoms with Crippen LogP contribution in [0.1, 0.15) is 38.2 Å². The van der Waals surface area contributed by atoms with Crippen molar-refractivity contribution < 1.29 is 4.79 Å². The number of nitrogens with one attached hydrogen (secondary N) is 1. The van der Waals surface area contributed by atoms with Gasteiger partial charge in [0.1, 0.15) is 12.1 Å². The Labute approximate surface area is 157 Å². The third-order valence-electron chi connectivity index (χ3n) is 5.13. The van der Waals surface area contributed by atoms with E-state index in [9.17, 15) is 10.1 Å². The first-order valence-electron chi connectivity index (χ1n) is 8.79. The summed E-state index contributed by atoms with van der Waals surface area (Å²) in [7, 11) is 0. The quantitative estimate of drug-likeness (QED) is 0.852. The van der Waals surface area contributed by atoms with Gasteiger partial charge in [0, 0.05) is 17.7 Å². The van der Waals surface area contributed by atoms with E-state index in [4.69, 9.17) is 5.73 Å². The van der Waals surface area contributed by atoms with Crippen LogP contribution in [0.15, 0.2) is 59.3 Å². The number of H-pyrrole nitrogens is 1. The molecule has 2 aliphatic rings. The zero-order chi connectivity index (χ0) is 19.2.